The van der Waals surface area contributed by atoms with Crippen molar-refractivity contribution in [3.8, 4) is 0 Å². The second-order valence-corrected chi connectivity index (χ2v) is 4.11. The molecule has 0 amide bonds. The summed E-state index contributed by atoms with van der Waals surface area (Å²) in [5, 5.41) is 7.88. The molecule has 0 atom stereocenters. The zero-order valence-corrected chi connectivity index (χ0v) is 10.4. The quantitative estimate of drug-likeness (QED) is 0.885. The molecule has 0 aromatic carbocycles. The fourth-order valence-electron chi connectivity index (χ4n) is 1.37. The Bertz CT molecular complexity index is 465. The molecule has 0 fully saturated rings. The molecule has 0 unspecified atom stereocenters. The van der Waals surface area contributed by atoms with E-state index in [9.17, 15) is 0 Å². The average Bonchev–Trinajstić information content (AvgIpc) is 2.74. The first-order valence-electron chi connectivity index (χ1n) is 5.50. The highest BCUT2D eigenvalue weighted by atomic mass is 35.5. The van der Waals surface area contributed by atoms with Crippen LogP contribution in [0.15, 0.2) is 24.8 Å². The molecule has 0 bridgehead atoms. The summed E-state index contributed by atoms with van der Waals surface area (Å²) in [6.45, 7) is 3.59. The lowest BCUT2D eigenvalue weighted by atomic mass is 10.4. The Balaban J connectivity index is 1.98. The summed E-state index contributed by atoms with van der Waals surface area (Å²) in [4.78, 5) is 8.58. The summed E-state index contributed by atoms with van der Waals surface area (Å²) in [7, 11) is 0. The van der Waals surface area contributed by atoms with Crippen molar-refractivity contribution in [1.29, 1.82) is 0 Å². The van der Waals surface area contributed by atoms with Crippen LogP contribution in [0.3, 0.4) is 0 Å². The van der Waals surface area contributed by atoms with E-state index in [-0.39, 0.29) is 0 Å². The third-order valence-corrected chi connectivity index (χ3v) is 2.38. The van der Waals surface area contributed by atoms with Crippen LogP contribution in [0.1, 0.15) is 19.0 Å². The minimum absolute atomic E-state index is 0.577. The standard InChI is InChI=1S/C11H14ClN5/c1-2-3-13-11-6-14-10(5-15-11)8-17-7-9(12)4-16-17/h4-7H,2-3,8H2,1H3,(H,13,15). The Hall–Kier alpha value is -1.62. The molecule has 0 saturated carbocycles. The highest BCUT2D eigenvalue weighted by Crippen LogP contribution is 2.07. The number of nitrogens with one attached hydrogen (secondary N) is 1. The van der Waals surface area contributed by atoms with E-state index in [1.165, 1.54) is 0 Å². The predicted octanol–water partition coefficient (Wildman–Crippen LogP) is 2.20. The maximum absolute atomic E-state index is 5.78. The number of anilines is 1. The molecule has 0 spiro atoms. The van der Waals surface area contributed by atoms with Gasteiger partial charge in [-0.15, -0.1) is 0 Å². The fourth-order valence-corrected chi connectivity index (χ4v) is 1.53. The topological polar surface area (TPSA) is 55.6 Å². The van der Waals surface area contributed by atoms with Crippen molar-refractivity contribution in [3.05, 3.63) is 35.5 Å². The van der Waals surface area contributed by atoms with Gasteiger partial charge in [0.1, 0.15) is 5.82 Å². The van der Waals surface area contributed by atoms with Crippen LogP contribution < -0.4 is 5.32 Å². The maximum Gasteiger partial charge on any atom is 0.144 e. The molecule has 0 saturated heterocycles. The molecular weight excluding hydrogens is 238 g/mol. The molecule has 2 aromatic rings. The molecule has 17 heavy (non-hydrogen) atoms. The number of halogens is 1. The minimum Gasteiger partial charge on any atom is -0.369 e. The number of hydrogen-bond donors (Lipinski definition) is 1. The Morgan fingerprint density at radius 2 is 2.18 bits per heavy atom. The van der Waals surface area contributed by atoms with Crippen LogP contribution in [0.5, 0.6) is 0 Å². The minimum atomic E-state index is 0.577. The van der Waals surface area contributed by atoms with Gasteiger partial charge in [0.25, 0.3) is 0 Å². The molecule has 1 N–H and O–H groups in total. The number of aromatic nitrogens is 4. The Labute approximate surface area is 105 Å². The van der Waals surface area contributed by atoms with Gasteiger partial charge >= 0.3 is 0 Å². The van der Waals surface area contributed by atoms with Crippen LogP contribution >= 0.6 is 11.6 Å². The summed E-state index contributed by atoms with van der Waals surface area (Å²) in [5.41, 5.74) is 0.854. The molecule has 2 heterocycles. The molecule has 0 aliphatic carbocycles. The van der Waals surface area contributed by atoms with E-state index in [1.54, 1.807) is 29.5 Å². The van der Waals surface area contributed by atoms with Crippen LogP contribution in [-0.4, -0.2) is 26.3 Å². The molecule has 90 valence electrons. The maximum atomic E-state index is 5.78. The van der Waals surface area contributed by atoms with E-state index in [2.05, 4.69) is 27.3 Å². The summed E-state index contributed by atoms with van der Waals surface area (Å²) >= 11 is 5.78. The summed E-state index contributed by atoms with van der Waals surface area (Å²) in [5.74, 6) is 0.800. The highest BCUT2D eigenvalue weighted by molar-refractivity contribution is 6.30. The van der Waals surface area contributed by atoms with Crippen molar-refractivity contribution in [1.82, 2.24) is 19.7 Å². The van der Waals surface area contributed by atoms with Gasteiger partial charge in [0.15, 0.2) is 0 Å². The molecule has 0 aliphatic heterocycles. The lowest BCUT2D eigenvalue weighted by Gasteiger charge is -2.04. The van der Waals surface area contributed by atoms with Crippen LogP contribution in [0.4, 0.5) is 5.82 Å². The van der Waals surface area contributed by atoms with Gasteiger partial charge < -0.3 is 5.32 Å². The molecular formula is C11H14ClN5. The molecule has 6 heteroatoms. The van der Waals surface area contributed by atoms with Crippen molar-refractivity contribution in [2.24, 2.45) is 0 Å². The van der Waals surface area contributed by atoms with E-state index in [0.717, 1.165) is 24.5 Å². The van der Waals surface area contributed by atoms with Gasteiger partial charge in [-0.2, -0.15) is 5.10 Å². The van der Waals surface area contributed by atoms with Crippen LogP contribution in [-0.2, 0) is 6.54 Å². The van der Waals surface area contributed by atoms with E-state index < -0.39 is 0 Å². The molecule has 0 radical (unpaired) electrons. The third-order valence-electron chi connectivity index (χ3n) is 2.19. The molecule has 0 aliphatic rings. The van der Waals surface area contributed by atoms with Crippen molar-refractivity contribution < 1.29 is 0 Å². The van der Waals surface area contributed by atoms with Crippen LogP contribution in [0, 0.1) is 0 Å². The zero-order chi connectivity index (χ0) is 12.1. The monoisotopic (exact) mass is 251 g/mol. The second kappa shape index (κ2) is 5.63. The Morgan fingerprint density at radius 3 is 2.76 bits per heavy atom. The smallest absolute Gasteiger partial charge is 0.144 e. The van der Waals surface area contributed by atoms with Gasteiger partial charge in [0.05, 0.1) is 35.9 Å². The lowest BCUT2D eigenvalue weighted by molar-refractivity contribution is 0.670. The first-order valence-corrected chi connectivity index (χ1v) is 5.88. The van der Waals surface area contributed by atoms with Crippen molar-refractivity contribution in [2.45, 2.75) is 19.9 Å². The number of rotatable bonds is 5. The molecule has 5 nitrogen and oxygen atoms in total. The predicted molar refractivity (Wildman–Crippen MR) is 67.2 cm³/mol. The summed E-state index contributed by atoms with van der Waals surface area (Å²) < 4.78 is 1.73. The van der Waals surface area contributed by atoms with E-state index >= 15 is 0 Å². The van der Waals surface area contributed by atoms with E-state index in [0.29, 0.717) is 11.6 Å². The van der Waals surface area contributed by atoms with E-state index in [1.807, 2.05) is 0 Å². The van der Waals surface area contributed by atoms with Gasteiger partial charge in [-0.3, -0.25) is 9.67 Å². The Morgan fingerprint density at radius 1 is 1.29 bits per heavy atom. The second-order valence-electron chi connectivity index (χ2n) is 3.68. The number of nitrogens with zero attached hydrogens (tertiary/aromatic N) is 4. The SMILES string of the molecule is CCCNc1cnc(Cn2cc(Cl)cn2)cn1. The lowest BCUT2D eigenvalue weighted by Crippen LogP contribution is -2.06. The van der Waals surface area contributed by atoms with Gasteiger partial charge in [-0.1, -0.05) is 18.5 Å². The summed E-state index contributed by atoms with van der Waals surface area (Å²) in [6.07, 6.45) is 7.90. The normalized spacial score (nSPS) is 10.5. The van der Waals surface area contributed by atoms with Gasteiger partial charge in [0, 0.05) is 12.7 Å². The highest BCUT2D eigenvalue weighted by Gasteiger charge is 2.00. The summed E-state index contributed by atoms with van der Waals surface area (Å²) in [6, 6.07) is 0. The number of hydrogen-bond acceptors (Lipinski definition) is 4. The van der Waals surface area contributed by atoms with Crippen LogP contribution in [0.25, 0.3) is 0 Å². The van der Waals surface area contributed by atoms with Crippen molar-refractivity contribution in [2.75, 3.05) is 11.9 Å². The first-order chi connectivity index (χ1) is 8.28. The van der Waals surface area contributed by atoms with Gasteiger partial charge in [-0.25, -0.2) is 4.98 Å². The average molecular weight is 252 g/mol. The van der Waals surface area contributed by atoms with Crippen molar-refractivity contribution >= 4 is 17.4 Å². The van der Waals surface area contributed by atoms with E-state index in [4.69, 9.17) is 11.6 Å². The third kappa shape index (κ3) is 3.42. The van der Waals surface area contributed by atoms with Crippen molar-refractivity contribution in [3.63, 3.8) is 0 Å². The fraction of sp³-hybridized carbons (Fsp3) is 0.364. The zero-order valence-electron chi connectivity index (χ0n) is 9.60. The van der Waals surface area contributed by atoms with Gasteiger partial charge in [0.2, 0.25) is 0 Å². The molecule has 2 rings (SSSR count). The van der Waals surface area contributed by atoms with Crippen LogP contribution in [0.2, 0.25) is 5.02 Å². The van der Waals surface area contributed by atoms with Gasteiger partial charge in [-0.05, 0) is 6.42 Å². The molecule has 2 aromatic heterocycles. The Kier molecular flexibility index (Phi) is 3.93. The first kappa shape index (κ1) is 11.9. The largest absolute Gasteiger partial charge is 0.369 e.